The number of hydrogen-bond acceptors (Lipinski definition) is 4. The summed E-state index contributed by atoms with van der Waals surface area (Å²) in [6, 6.07) is 9.21. The van der Waals surface area contributed by atoms with E-state index in [2.05, 4.69) is 42.0 Å². The highest BCUT2D eigenvalue weighted by atomic mass is 19.3. The van der Waals surface area contributed by atoms with Gasteiger partial charge in [0.25, 0.3) is 5.56 Å². The number of alkyl halides is 2. The fraction of sp³-hybridized carbons (Fsp3) is 0.375. The van der Waals surface area contributed by atoms with Crippen LogP contribution in [0.4, 0.5) is 8.78 Å². The molecule has 3 aromatic rings. The van der Waals surface area contributed by atoms with Crippen LogP contribution < -0.4 is 10.3 Å². The largest absolute Gasteiger partial charge is 0.477 e. The molecule has 5 nitrogen and oxygen atoms in total. The van der Waals surface area contributed by atoms with E-state index in [1.54, 1.807) is 13.1 Å². The highest BCUT2D eigenvalue weighted by Crippen LogP contribution is 2.49. The predicted octanol–water partition coefficient (Wildman–Crippen LogP) is 5.06. The van der Waals surface area contributed by atoms with Crippen molar-refractivity contribution in [3.63, 3.8) is 0 Å². The van der Waals surface area contributed by atoms with E-state index in [9.17, 15) is 13.6 Å². The van der Waals surface area contributed by atoms with Crippen molar-refractivity contribution in [3.05, 3.63) is 75.6 Å². The molecule has 31 heavy (non-hydrogen) atoms. The van der Waals surface area contributed by atoms with Crippen molar-refractivity contribution >= 4 is 0 Å². The third kappa shape index (κ3) is 4.50. The third-order valence-corrected chi connectivity index (χ3v) is 5.77. The van der Waals surface area contributed by atoms with Crippen LogP contribution in [0.15, 0.2) is 47.5 Å². The van der Waals surface area contributed by atoms with Gasteiger partial charge in [-0.15, -0.1) is 0 Å². The summed E-state index contributed by atoms with van der Waals surface area (Å²) in [6.45, 7) is 3.58. The van der Waals surface area contributed by atoms with Crippen LogP contribution in [0.2, 0.25) is 0 Å². The standard InChI is InChI=1S/C24H25F2N3O2/c1-4-16-9-14(2)5-7-19(16)20-10-18(20)13-31-23-21(11-27-15(3)28-23)17-6-8-22(30)29(12-17)24(25)26/h5-9,11-12,18,20,24H,4,10,13H2,1-3H3. The molecule has 1 saturated carbocycles. The van der Waals surface area contributed by atoms with Gasteiger partial charge in [0.1, 0.15) is 5.82 Å². The van der Waals surface area contributed by atoms with Gasteiger partial charge in [-0.2, -0.15) is 13.8 Å². The minimum atomic E-state index is -2.92. The van der Waals surface area contributed by atoms with E-state index in [1.165, 1.54) is 22.8 Å². The quantitative estimate of drug-likeness (QED) is 0.531. The number of ether oxygens (including phenoxy) is 1. The Hall–Kier alpha value is -3.09. The molecule has 4 rings (SSSR count). The molecule has 0 amide bonds. The Balaban J connectivity index is 1.54. The fourth-order valence-electron chi connectivity index (χ4n) is 3.97. The van der Waals surface area contributed by atoms with Crippen LogP contribution in [0.25, 0.3) is 11.1 Å². The minimum Gasteiger partial charge on any atom is -0.477 e. The second kappa shape index (κ2) is 8.57. The predicted molar refractivity (Wildman–Crippen MR) is 115 cm³/mol. The summed E-state index contributed by atoms with van der Waals surface area (Å²) in [5.41, 5.74) is 4.15. The Morgan fingerprint density at radius 1 is 1.23 bits per heavy atom. The van der Waals surface area contributed by atoms with Crippen LogP contribution in [0.1, 0.15) is 48.3 Å². The van der Waals surface area contributed by atoms with Crippen molar-refractivity contribution in [2.45, 2.75) is 46.1 Å². The zero-order valence-corrected chi connectivity index (χ0v) is 17.8. The molecule has 1 aromatic carbocycles. The number of aromatic nitrogens is 3. The lowest BCUT2D eigenvalue weighted by Gasteiger charge is -2.13. The molecule has 0 bridgehead atoms. The molecule has 0 saturated heterocycles. The van der Waals surface area contributed by atoms with Crippen LogP contribution >= 0.6 is 0 Å². The highest BCUT2D eigenvalue weighted by molar-refractivity contribution is 5.66. The van der Waals surface area contributed by atoms with Gasteiger partial charge >= 0.3 is 6.55 Å². The van der Waals surface area contributed by atoms with Gasteiger partial charge in [0.15, 0.2) is 0 Å². The first-order valence-corrected chi connectivity index (χ1v) is 10.4. The molecule has 2 atom stereocenters. The van der Waals surface area contributed by atoms with Crippen molar-refractivity contribution in [2.24, 2.45) is 5.92 Å². The van der Waals surface area contributed by atoms with Gasteiger partial charge in [0.2, 0.25) is 5.88 Å². The van der Waals surface area contributed by atoms with Crippen molar-refractivity contribution in [3.8, 4) is 17.0 Å². The van der Waals surface area contributed by atoms with E-state index < -0.39 is 12.1 Å². The van der Waals surface area contributed by atoms with E-state index in [4.69, 9.17) is 4.74 Å². The number of hydrogen-bond donors (Lipinski definition) is 0. The monoisotopic (exact) mass is 425 g/mol. The number of benzene rings is 1. The van der Waals surface area contributed by atoms with Crippen LogP contribution in [-0.2, 0) is 6.42 Å². The maximum Gasteiger partial charge on any atom is 0.321 e. The number of pyridine rings is 1. The first-order chi connectivity index (χ1) is 14.9. The lowest BCUT2D eigenvalue weighted by Crippen LogP contribution is -2.19. The summed E-state index contributed by atoms with van der Waals surface area (Å²) in [4.78, 5) is 20.2. The average Bonchev–Trinajstić information content (AvgIpc) is 3.52. The van der Waals surface area contributed by atoms with Crippen molar-refractivity contribution in [1.82, 2.24) is 14.5 Å². The number of rotatable bonds is 7. The first kappa shape index (κ1) is 21.2. The molecule has 162 valence electrons. The Kier molecular flexibility index (Phi) is 5.85. The van der Waals surface area contributed by atoms with Crippen LogP contribution in [0.3, 0.4) is 0 Å². The van der Waals surface area contributed by atoms with Crippen LogP contribution in [0.5, 0.6) is 5.88 Å². The Bertz CT molecular complexity index is 1160. The molecule has 7 heteroatoms. The molecule has 2 heterocycles. The van der Waals surface area contributed by atoms with Gasteiger partial charge in [-0.1, -0.05) is 30.7 Å². The molecule has 0 aliphatic heterocycles. The SMILES string of the molecule is CCc1cc(C)ccc1C1CC1COc1nc(C)ncc1-c1ccc(=O)n(C(F)F)c1. The molecule has 0 radical (unpaired) electrons. The smallest absolute Gasteiger partial charge is 0.321 e. The lowest BCUT2D eigenvalue weighted by molar-refractivity contribution is 0.0665. The molecule has 0 spiro atoms. The minimum absolute atomic E-state index is 0.345. The van der Waals surface area contributed by atoms with Crippen molar-refractivity contribution in [2.75, 3.05) is 6.61 Å². The Morgan fingerprint density at radius 3 is 2.77 bits per heavy atom. The van der Waals surface area contributed by atoms with Gasteiger partial charge in [0.05, 0.1) is 12.2 Å². The van der Waals surface area contributed by atoms with Crippen LogP contribution in [0, 0.1) is 19.8 Å². The van der Waals surface area contributed by atoms with E-state index in [-0.39, 0.29) is 0 Å². The summed E-state index contributed by atoms with van der Waals surface area (Å²) in [5, 5.41) is 0. The topological polar surface area (TPSA) is 57.0 Å². The number of nitrogens with zero attached hydrogens (tertiary/aromatic N) is 3. The van der Waals surface area contributed by atoms with Gasteiger partial charge < -0.3 is 4.74 Å². The maximum absolute atomic E-state index is 13.1. The summed E-state index contributed by atoms with van der Waals surface area (Å²) < 4.78 is 32.7. The van der Waals surface area contributed by atoms with Crippen molar-refractivity contribution in [1.29, 1.82) is 0 Å². The Morgan fingerprint density at radius 2 is 2.03 bits per heavy atom. The summed E-state index contributed by atoms with van der Waals surface area (Å²) in [6.07, 6.45) is 4.71. The Labute approximate surface area is 179 Å². The molecule has 1 aliphatic carbocycles. The van der Waals surface area contributed by atoms with Gasteiger partial charge in [-0.05, 0) is 49.8 Å². The molecule has 1 aliphatic rings. The normalized spacial score (nSPS) is 17.7. The molecular weight excluding hydrogens is 400 g/mol. The van der Waals surface area contributed by atoms with E-state index >= 15 is 0 Å². The van der Waals surface area contributed by atoms with E-state index in [1.807, 2.05) is 0 Å². The van der Waals surface area contributed by atoms with E-state index in [0.29, 0.717) is 45.8 Å². The second-order valence-electron chi connectivity index (χ2n) is 8.05. The summed E-state index contributed by atoms with van der Waals surface area (Å²) in [5.74, 6) is 1.71. The summed E-state index contributed by atoms with van der Waals surface area (Å²) in [7, 11) is 0. The zero-order chi connectivity index (χ0) is 22.1. The average molecular weight is 425 g/mol. The van der Waals surface area contributed by atoms with E-state index in [0.717, 1.165) is 25.1 Å². The number of halogens is 2. The zero-order valence-electron chi connectivity index (χ0n) is 17.8. The fourth-order valence-corrected chi connectivity index (χ4v) is 3.97. The molecule has 0 N–H and O–H groups in total. The van der Waals surface area contributed by atoms with Gasteiger partial charge in [-0.3, -0.25) is 9.36 Å². The molecular formula is C24H25F2N3O2. The summed E-state index contributed by atoms with van der Waals surface area (Å²) >= 11 is 0. The van der Waals surface area contributed by atoms with Gasteiger partial charge in [-0.25, -0.2) is 4.98 Å². The molecule has 1 fully saturated rings. The maximum atomic E-state index is 13.1. The molecule has 2 aromatic heterocycles. The highest BCUT2D eigenvalue weighted by Gasteiger charge is 2.40. The van der Waals surface area contributed by atoms with Crippen LogP contribution in [-0.4, -0.2) is 21.1 Å². The van der Waals surface area contributed by atoms with Crippen molar-refractivity contribution < 1.29 is 13.5 Å². The third-order valence-electron chi connectivity index (χ3n) is 5.77. The lowest BCUT2D eigenvalue weighted by atomic mass is 9.98. The number of aryl methyl sites for hydroxylation is 3. The van der Waals surface area contributed by atoms with Gasteiger partial charge in [0, 0.05) is 29.9 Å². The second-order valence-corrected chi connectivity index (χ2v) is 8.05. The first-order valence-electron chi connectivity index (χ1n) is 10.4. The molecule has 2 unspecified atom stereocenters.